The van der Waals surface area contributed by atoms with Crippen molar-refractivity contribution in [2.75, 3.05) is 24.4 Å². The molecule has 6 aromatic rings. The zero-order valence-electron chi connectivity index (χ0n) is 22.0. The van der Waals surface area contributed by atoms with Crippen LogP contribution in [-0.2, 0) is 9.53 Å². The molecule has 0 radical (unpaired) electrons. The fraction of sp³-hybridized carbons (Fsp3) is 0.0625. The minimum absolute atomic E-state index is 0.153. The van der Waals surface area contributed by atoms with Crippen molar-refractivity contribution in [2.45, 2.75) is 0 Å². The van der Waals surface area contributed by atoms with E-state index in [2.05, 4.69) is 15.6 Å². The molecule has 2 aromatic heterocycles. The average molecular weight is 545 g/mol. The lowest BCUT2D eigenvalue weighted by atomic mass is 10.1. The van der Waals surface area contributed by atoms with E-state index in [0.717, 1.165) is 32.7 Å². The highest BCUT2D eigenvalue weighted by molar-refractivity contribution is 6.15. The molecule has 0 saturated carbocycles. The van der Waals surface area contributed by atoms with Gasteiger partial charge in [0.15, 0.2) is 6.61 Å². The van der Waals surface area contributed by atoms with E-state index in [1.165, 1.54) is 19.2 Å². The van der Waals surface area contributed by atoms with Crippen molar-refractivity contribution in [3.05, 3.63) is 109 Å². The van der Waals surface area contributed by atoms with Crippen LogP contribution < -0.4 is 15.4 Å². The van der Waals surface area contributed by atoms with Gasteiger partial charge in [0.2, 0.25) is 5.88 Å². The molecule has 2 N–H and O–H groups in total. The van der Waals surface area contributed by atoms with Crippen molar-refractivity contribution in [1.82, 2.24) is 9.55 Å². The largest absolute Gasteiger partial charge is 0.468 e. The number of rotatable bonds is 6. The SMILES string of the molecule is COC(=O)c1cc(NC(=O)COc2ccc3ccccc3n2)cc(NC(=O)n2c3ccccc3c3ccccc32)c1. The van der Waals surface area contributed by atoms with Gasteiger partial charge in [0.05, 0.1) is 29.2 Å². The summed E-state index contributed by atoms with van der Waals surface area (Å²) in [6, 6.07) is 30.5. The van der Waals surface area contributed by atoms with Crippen molar-refractivity contribution in [1.29, 1.82) is 0 Å². The minimum Gasteiger partial charge on any atom is -0.468 e. The Kier molecular flexibility index (Phi) is 6.75. The molecule has 9 heteroatoms. The fourth-order valence-corrected chi connectivity index (χ4v) is 4.79. The molecule has 41 heavy (non-hydrogen) atoms. The number of para-hydroxylation sites is 3. The second kappa shape index (κ2) is 10.8. The van der Waals surface area contributed by atoms with Gasteiger partial charge in [-0.15, -0.1) is 0 Å². The monoisotopic (exact) mass is 544 g/mol. The van der Waals surface area contributed by atoms with Crippen molar-refractivity contribution < 1.29 is 23.9 Å². The zero-order valence-corrected chi connectivity index (χ0v) is 22.0. The zero-order chi connectivity index (χ0) is 28.3. The molecule has 2 heterocycles. The van der Waals surface area contributed by atoms with Crippen molar-refractivity contribution in [2.24, 2.45) is 0 Å². The van der Waals surface area contributed by atoms with Gasteiger partial charge >= 0.3 is 12.0 Å². The number of nitrogens with one attached hydrogen (secondary N) is 2. The van der Waals surface area contributed by atoms with Crippen molar-refractivity contribution in [3.8, 4) is 5.88 Å². The maximum Gasteiger partial charge on any atom is 0.337 e. The number of esters is 1. The highest BCUT2D eigenvalue weighted by Gasteiger charge is 2.18. The number of pyridine rings is 1. The molecule has 0 aliphatic carbocycles. The molecule has 9 nitrogen and oxygen atoms in total. The van der Waals surface area contributed by atoms with E-state index in [9.17, 15) is 14.4 Å². The summed E-state index contributed by atoms with van der Waals surface area (Å²) in [7, 11) is 1.26. The molecular weight excluding hydrogens is 520 g/mol. The quantitative estimate of drug-likeness (QED) is 0.241. The molecule has 0 unspecified atom stereocenters. The number of hydrogen-bond acceptors (Lipinski definition) is 6. The van der Waals surface area contributed by atoms with E-state index in [0.29, 0.717) is 11.6 Å². The molecule has 0 atom stereocenters. The van der Waals surface area contributed by atoms with E-state index in [4.69, 9.17) is 9.47 Å². The van der Waals surface area contributed by atoms with Crippen LogP contribution in [0.25, 0.3) is 32.7 Å². The van der Waals surface area contributed by atoms with Crippen LogP contribution in [0.15, 0.2) is 103 Å². The van der Waals surface area contributed by atoms with Gasteiger partial charge in [-0.3, -0.25) is 9.36 Å². The first-order chi connectivity index (χ1) is 20.0. The third-order valence-electron chi connectivity index (χ3n) is 6.60. The minimum atomic E-state index is -0.620. The number of hydrogen-bond donors (Lipinski definition) is 2. The number of amides is 2. The summed E-state index contributed by atoms with van der Waals surface area (Å²) in [6.07, 6.45) is 0. The van der Waals surface area contributed by atoms with Crippen LogP contribution in [0.4, 0.5) is 16.2 Å². The number of fused-ring (bicyclic) bond motifs is 4. The molecule has 0 bridgehead atoms. The Labute approximate surface area is 234 Å². The van der Waals surface area contributed by atoms with Gasteiger partial charge in [-0.25, -0.2) is 14.6 Å². The molecule has 0 fully saturated rings. The highest BCUT2D eigenvalue weighted by atomic mass is 16.5. The fourth-order valence-electron chi connectivity index (χ4n) is 4.79. The van der Waals surface area contributed by atoms with Crippen LogP contribution in [0.5, 0.6) is 5.88 Å². The third-order valence-corrected chi connectivity index (χ3v) is 6.60. The first-order valence-corrected chi connectivity index (χ1v) is 12.8. The smallest absolute Gasteiger partial charge is 0.337 e. The molecule has 202 valence electrons. The van der Waals surface area contributed by atoms with Gasteiger partial charge in [0.1, 0.15) is 0 Å². The van der Waals surface area contributed by atoms with Crippen molar-refractivity contribution in [3.63, 3.8) is 0 Å². The van der Waals surface area contributed by atoms with Gasteiger partial charge < -0.3 is 20.1 Å². The van der Waals surface area contributed by atoms with E-state index in [1.807, 2.05) is 78.9 Å². The van der Waals surface area contributed by atoms with Crippen LogP contribution in [0.3, 0.4) is 0 Å². The number of carbonyl (C=O) groups is 3. The summed E-state index contributed by atoms with van der Waals surface area (Å²) in [5.41, 5.74) is 2.96. The summed E-state index contributed by atoms with van der Waals surface area (Å²) in [5, 5.41) is 8.42. The molecule has 0 aliphatic heterocycles. The summed E-state index contributed by atoms with van der Waals surface area (Å²) < 4.78 is 12.0. The summed E-state index contributed by atoms with van der Waals surface area (Å²) in [6.45, 7) is -0.309. The second-order valence-electron chi connectivity index (χ2n) is 9.27. The Morgan fingerprint density at radius 1 is 0.756 bits per heavy atom. The Morgan fingerprint density at radius 2 is 1.39 bits per heavy atom. The normalized spacial score (nSPS) is 11.0. The summed E-state index contributed by atoms with van der Waals surface area (Å²) >= 11 is 0. The van der Waals surface area contributed by atoms with Gasteiger partial charge in [-0.2, -0.15) is 0 Å². The number of carbonyl (C=O) groups excluding carboxylic acids is 3. The maximum absolute atomic E-state index is 13.6. The number of aromatic nitrogens is 2. The van der Waals surface area contributed by atoms with Crippen LogP contribution >= 0.6 is 0 Å². The second-order valence-corrected chi connectivity index (χ2v) is 9.27. The van der Waals surface area contributed by atoms with Gasteiger partial charge in [0.25, 0.3) is 5.91 Å². The Hall–Kier alpha value is -5.70. The van der Waals surface area contributed by atoms with E-state index >= 15 is 0 Å². The van der Waals surface area contributed by atoms with Gasteiger partial charge in [0, 0.05) is 33.6 Å². The average Bonchev–Trinajstić information content (AvgIpc) is 3.34. The molecule has 2 amide bonds. The van der Waals surface area contributed by atoms with E-state index in [-0.39, 0.29) is 17.9 Å². The highest BCUT2D eigenvalue weighted by Crippen LogP contribution is 2.29. The van der Waals surface area contributed by atoms with Crippen LogP contribution in [0, 0.1) is 0 Å². The summed E-state index contributed by atoms with van der Waals surface area (Å²) in [4.78, 5) is 43.1. The lowest BCUT2D eigenvalue weighted by Crippen LogP contribution is -2.22. The predicted molar refractivity (Wildman–Crippen MR) is 158 cm³/mol. The number of anilines is 2. The summed E-state index contributed by atoms with van der Waals surface area (Å²) in [5.74, 6) is -0.784. The lowest BCUT2D eigenvalue weighted by molar-refractivity contribution is -0.118. The first kappa shape index (κ1) is 25.6. The van der Waals surface area contributed by atoms with Gasteiger partial charge in [-0.1, -0.05) is 54.6 Å². The first-order valence-electron chi connectivity index (χ1n) is 12.8. The maximum atomic E-state index is 13.6. The Morgan fingerprint density at radius 3 is 2.10 bits per heavy atom. The molecular formula is C32H24N4O5. The molecule has 0 saturated heterocycles. The van der Waals surface area contributed by atoms with E-state index in [1.54, 1.807) is 16.7 Å². The molecule has 0 aliphatic rings. The van der Waals surface area contributed by atoms with Crippen LogP contribution in [0.2, 0.25) is 0 Å². The van der Waals surface area contributed by atoms with Crippen LogP contribution in [0.1, 0.15) is 10.4 Å². The lowest BCUT2D eigenvalue weighted by Gasteiger charge is -2.13. The van der Waals surface area contributed by atoms with Crippen molar-refractivity contribution >= 4 is 62.0 Å². The Bertz CT molecular complexity index is 1910. The van der Waals surface area contributed by atoms with Crippen LogP contribution in [-0.4, -0.2) is 41.2 Å². The number of ether oxygens (including phenoxy) is 2. The molecule has 4 aromatic carbocycles. The third kappa shape index (κ3) is 5.16. The number of benzene rings is 4. The van der Waals surface area contributed by atoms with E-state index < -0.39 is 17.9 Å². The topological polar surface area (TPSA) is 112 Å². The predicted octanol–water partition coefficient (Wildman–Crippen LogP) is 6.23. The van der Waals surface area contributed by atoms with Gasteiger partial charge in [-0.05, 0) is 42.5 Å². The standard InChI is InChI=1S/C32H24N4O5/c1-40-31(38)21-16-22(33-29(37)19-41-30-15-14-20-8-2-5-11-26(20)35-30)18-23(17-21)34-32(39)36-27-12-6-3-9-24(27)25-10-4-7-13-28(25)36/h2-18H,19H2,1H3,(H,33,37)(H,34,39). The number of methoxy groups -OCH3 is 1. The number of nitrogens with zero attached hydrogens (tertiary/aromatic N) is 2. The Balaban J connectivity index is 1.24. The molecule has 6 rings (SSSR count). The molecule has 0 spiro atoms.